The van der Waals surface area contributed by atoms with Gasteiger partial charge >= 0.3 is 11.9 Å². The Morgan fingerprint density at radius 3 is 2.07 bits per heavy atom. The first kappa shape index (κ1) is 39.3. The molecule has 4 aliphatic heterocycles. The van der Waals surface area contributed by atoms with Gasteiger partial charge in [0.05, 0.1) is 13.2 Å². The van der Waals surface area contributed by atoms with Crippen molar-refractivity contribution in [3.8, 4) is 0 Å². The number of carboxylic acid groups (broad SMARTS) is 1. The predicted octanol–water partition coefficient (Wildman–Crippen LogP) is 6.20. The summed E-state index contributed by atoms with van der Waals surface area (Å²) in [7, 11) is 9.32. The molecule has 9 nitrogen and oxygen atoms in total. The van der Waals surface area contributed by atoms with Gasteiger partial charge in [0.15, 0.2) is 0 Å². The van der Waals surface area contributed by atoms with Crippen molar-refractivity contribution in [3.63, 3.8) is 0 Å². The molecule has 42 heavy (non-hydrogen) atoms. The van der Waals surface area contributed by atoms with Gasteiger partial charge in [-0.2, -0.15) is 0 Å². The molecular formula is C29H52N2O7S4. The van der Waals surface area contributed by atoms with Crippen LogP contribution in [0, 0.1) is 0 Å². The number of ether oxygens (including phenoxy) is 2. The molecular weight excluding hydrogens is 617 g/mol. The van der Waals surface area contributed by atoms with E-state index in [2.05, 4.69) is 10.1 Å². The highest BCUT2D eigenvalue weighted by Gasteiger charge is 2.28. The lowest BCUT2D eigenvalue weighted by Gasteiger charge is -2.23. The summed E-state index contributed by atoms with van der Waals surface area (Å²) in [5, 5.41) is 13.0. The van der Waals surface area contributed by atoms with Crippen LogP contribution in [0.4, 0.5) is 0 Å². The number of methoxy groups -OCH3 is 1. The molecule has 0 aromatic rings. The van der Waals surface area contributed by atoms with Crippen molar-refractivity contribution in [2.24, 2.45) is 0 Å². The number of carbonyl (C=O) groups is 4. The molecule has 2 unspecified atom stereocenters. The number of hydrogen-bond donors (Lipinski definition) is 2. The fourth-order valence-electron chi connectivity index (χ4n) is 5.08. The van der Waals surface area contributed by atoms with Gasteiger partial charge < -0.3 is 24.8 Å². The molecule has 13 heteroatoms. The van der Waals surface area contributed by atoms with Crippen LogP contribution in [0.3, 0.4) is 0 Å². The Balaban J connectivity index is 0.000000342. The Kier molecular flexibility index (Phi) is 22.9. The molecule has 4 rings (SSSR count). The third-order valence-corrected chi connectivity index (χ3v) is 13.4. The van der Waals surface area contributed by atoms with E-state index in [9.17, 15) is 19.2 Å². The second-order valence-electron chi connectivity index (χ2n) is 10.5. The van der Waals surface area contributed by atoms with Gasteiger partial charge in [0.25, 0.3) is 6.47 Å². The number of carbonyl (C=O) groups excluding carboxylic acids is 3. The minimum absolute atomic E-state index is 0. The fourth-order valence-corrected chi connectivity index (χ4v) is 11.1. The van der Waals surface area contributed by atoms with Crippen molar-refractivity contribution < 1.29 is 33.8 Å². The zero-order valence-corrected chi connectivity index (χ0v) is 27.6. The number of nitrogens with zero attached hydrogens (tertiary/aromatic N) is 1. The van der Waals surface area contributed by atoms with Crippen LogP contribution in [0.2, 0.25) is 0 Å². The van der Waals surface area contributed by atoms with E-state index in [0.29, 0.717) is 25.9 Å². The molecule has 0 bridgehead atoms. The number of rotatable bonds is 14. The van der Waals surface area contributed by atoms with Crippen LogP contribution in [0.1, 0.15) is 97.3 Å². The van der Waals surface area contributed by atoms with E-state index in [-0.39, 0.29) is 31.4 Å². The van der Waals surface area contributed by atoms with Gasteiger partial charge in [-0.15, -0.1) is 0 Å². The van der Waals surface area contributed by atoms with Crippen LogP contribution in [-0.4, -0.2) is 95.2 Å². The molecule has 0 aliphatic carbocycles. The summed E-state index contributed by atoms with van der Waals surface area (Å²) >= 11 is 0. The maximum absolute atomic E-state index is 12.2. The maximum atomic E-state index is 12.2. The van der Waals surface area contributed by atoms with Gasteiger partial charge in [0.1, 0.15) is 12.6 Å². The summed E-state index contributed by atoms with van der Waals surface area (Å²) in [5.74, 6) is 1.99. The van der Waals surface area contributed by atoms with Crippen LogP contribution in [0.5, 0.6) is 0 Å². The molecule has 0 spiro atoms. The SMILES string of the molecule is C.COC(=O)[C@@H]1CCCN1.O=C(O)CCCCC1CCSS1.O=COC[C@@H]1CCCN1C(=O)CCCCC1CCSS1. The topological polar surface area (TPSA) is 122 Å². The highest BCUT2D eigenvalue weighted by atomic mass is 33.1. The zero-order chi connectivity index (χ0) is 29.7. The largest absolute Gasteiger partial charge is 0.481 e. The van der Waals surface area contributed by atoms with Gasteiger partial charge in [0, 0.05) is 41.4 Å². The molecule has 0 radical (unpaired) electrons. The first-order chi connectivity index (χ1) is 19.9. The molecule has 4 heterocycles. The number of likely N-dealkylation sites (tertiary alicyclic amines) is 1. The van der Waals surface area contributed by atoms with Crippen molar-refractivity contribution in [2.45, 2.75) is 120 Å². The lowest BCUT2D eigenvalue weighted by molar-refractivity contribution is -0.142. The Bertz CT molecular complexity index is 762. The summed E-state index contributed by atoms with van der Waals surface area (Å²) in [6.07, 6.45) is 14.1. The molecule has 4 atom stereocenters. The van der Waals surface area contributed by atoms with E-state index in [1.165, 1.54) is 44.3 Å². The average Bonchev–Trinajstić information content (AvgIpc) is 3.80. The average molecular weight is 669 g/mol. The zero-order valence-electron chi connectivity index (χ0n) is 24.3. The third-order valence-electron chi connectivity index (χ3n) is 7.39. The summed E-state index contributed by atoms with van der Waals surface area (Å²) in [5.41, 5.74) is 0. The maximum Gasteiger partial charge on any atom is 0.322 e. The van der Waals surface area contributed by atoms with E-state index in [0.717, 1.165) is 75.0 Å². The lowest BCUT2D eigenvalue weighted by Crippen LogP contribution is -2.38. The summed E-state index contributed by atoms with van der Waals surface area (Å²) < 4.78 is 9.34. The van der Waals surface area contributed by atoms with Crippen LogP contribution in [0.15, 0.2) is 0 Å². The van der Waals surface area contributed by atoms with Crippen molar-refractivity contribution in [1.82, 2.24) is 10.2 Å². The van der Waals surface area contributed by atoms with Crippen molar-refractivity contribution in [2.75, 3.05) is 38.3 Å². The first-order valence-electron chi connectivity index (χ1n) is 14.9. The highest BCUT2D eigenvalue weighted by Crippen LogP contribution is 2.40. The number of amides is 1. The first-order valence-corrected chi connectivity index (χ1v) is 19.6. The number of aliphatic carboxylic acids is 1. The van der Waals surface area contributed by atoms with Crippen LogP contribution in [0.25, 0.3) is 0 Å². The Morgan fingerprint density at radius 2 is 1.57 bits per heavy atom. The smallest absolute Gasteiger partial charge is 0.322 e. The molecule has 4 saturated heterocycles. The van der Waals surface area contributed by atoms with E-state index in [4.69, 9.17) is 9.84 Å². The van der Waals surface area contributed by atoms with Crippen LogP contribution >= 0.6 is 43.2 Å². The van der Waals surface area contributed by atoms with Gasteiger partial charge in [0.2, 0.25) is 5.91 Å². The van der Waals surface area contributed by atoms with Crippen molar-refractivity contribution in [1.29, 1.82) is 0 Å². The lowest BCUT2D eigenvalue weighted by atomic mass is 10.1. The summed E-state index contributed by atoms with van der Waals surface area (Å²) in [6, 6.07) is 0.0736. The molecule has 0 aromatic carbocycles. The Hall–Kier alpha value is -0.760. The second-order valence-corrected chi connectivity index (χ2v) is 16.1. The van der Waals surface area contributed by atoms with Gasteiger partial charge in [-0.05, 0) is 70.8 Å². The molecule has 244 valence electrons. The van der Waals surface area contributed by atoms with Gasteiger partial charge in [-0.1, -0.05) is 63.4 Å². The quantitative estimate of drug-likeness (QED) is 0.0949. The normalized spacial score (nSPS) is 24.5. The Labute approximate surface area is 268 Å². The summed E-state index contributed by atoms with van der Waals surface area (Å²) in [4.78, 5) is 45.3. The predicted molar refractivity (Wildman–Crippen MR) is 178 cm³/mol. The number of esters is 1. The van der Waals surface area contributed by atoms with E-state index < -0.39 is 5.97 Å². The van der Waals surface area contributed by atoms with Crippen LogP contribution in [-0.2, 0) is 28.7 Å². The van der Waals surface area contributed by atoms with E-state index in [1.54, 1.807) is 0 Å². The van der Waals surface area contributed by atoms with E-state index in [1.807, 2.05) is 48.1 Å². The molecule has 0 saturated carbocycles. The minimum Gasteiger partial charge on any atom is -0.481 e. The van der Waals surface area contributed by atoms with Gasteiger partial charge in [-0.25, -0.2) is 0 Å². The molecule has 0 aromatic heterocycles. The fraction of sp³-hybridized carbons (Fsp3) is 0.862. The molecule has 2 N–H and O–H groups in total. The minimum atomic E-state index is -0.663. The van der Waals surface area contributed by atoms with Crippen molar-refractivity contribution >= 4 is 67.5 Å². The number of hydrogen-bond acceptors (Lipinski definition) is 11. The third kappa shape index (κ3) is 16.9. The molecule has 4 fully saturated rings. The Morgan fingerprint density at radius 1 is 0.929 bits per heavy atom. The van der Waals surface area contributed by atoms with Crippen LogP contribution < -0.4 is 5.32 Å². The summed E-state index contributed by atoms with van der Waals surface area (Å²) in [6.45, 7) is 2.59. The standard InChI is InChI=1S/C14H23NO3S2.C8H14O2S2.C6H11NO2.CH4/c16-11-18-10-12-4-3-8-15(12)14(17)6-2-1-5-13-7-9-19-20-13;9-8(10)4-2-1-3-7-5-6-11-12-7;1-9-6(8)5-3-2-4-7-5;/h11-13H,1-10H2;7H,1-6H2,(H,9,10);5,7H,2-4H2,1H3;1H4/t12-,13?;;5-;/m0.0./s1. The number of unbranched alkanes of at least 4 members (excludes halogenated alkanes) is 2. The second kappa shape index (κ2) is 24.5. The highest BCUT2D eigenvalue weighted by molar-refractivity contribution is 8.77. The number of carboxylic acids is 1. The van der Waals surface area contributed by atoms with E-state index >= 15 is 0 Å². The molecule has 4 aliphatic rings. The van der Waals surface area contributed by atoms with Crippen molar-refractivity contribution in [3.05, 3.63) is 0 Å². The monoisotopic (exact) mass is 668 g/mol. The number of nitrogens with one attached hydrogen (secondary N) is 1. The molecule has 1 amide bonds. The van der Waals surface area contributed by atoms with Gasteiger partial charge in [-0.3, -0.25) is 19.2 Å².